The van der Waals surface area contributed by atoms with Crippen LogP contribution in [0.2, 0.25) is 5.02 Å². The molecule has 36 heavy (non-hydrogen) atoms. The fourth-order valence-corrected chi connectivity index (χ4v) is 6.29. The molecule has 7 heteroatoms. The minimum absolute atomic E-state index is 0.247. The van der Waals surface area contributed by atoms with Gasteiger partial charge in [-0.05, 0) is 53.4 Å². The molecule has 0 saturated carbocycles. The van der Waals surface area contributed by atoms with Crippen molar-refractivity contribution in [1.29, 1.82) is 0 Å². The zero-order chi connectivity index (χ0) is 25.1. The van der Waals surface area contributed by atoms with E-state index in [2.05, 4.69) is 0 Å². The van der Waals surface area contributed by atoms with Gasteiger partial charge in [-0.25, -0.2) is 4.79 Å². The van der Waals surface area contributed by atoms with Crippen molar-refractivity contribution < 1.29 is 23.9 Å². The van der Waals surface area contributed by atoms with E-state index in [1.54, 1.807) is 24.3 Å². The summed E-state index contributed by atoms with van der Waals surface area (Å²) in [5, 5.41) is 0.489. The Morgan fingerprint density at radius 1 is 0.806 bits per heavy atom. The molecule has 1 aliphatic heterocycles. The van der Waals surface area contributed by atoms with Crippen LogP contribution in [0.1, 0.15) is 51.4 Å². The number of ketones is 1. The normalized spacial score (nSPS) is 24.1. The van der Waals surface area contributed by atoms with E-state index < -0.39 is 36.2 Å². The van der Waals surface area contributed by atoms with E-state index in [1.165, 1.54) is 6.92 Å². The molecule has 0 radical (unpaired) electrons. The lowest BCUT2D eigenvalue weighted by Gasteiger charge is -2.45. The minimum Gasteiger partial charge on any atom is -0.456 e. The molecule has 0 spiro atoms. The number of hydrogen-bond acceptors (Lipinski definition) is 5. The average molecular weight is 500 g/mol. The molecule has 3 aromatic carbocycles. The number of esters is 1. The number of imide groups is 1. The van der Waals surface area contributed by atoms with E-state index in [1.807, 2.05) is 48.5 Å². The molecule has 4 aliphatic rings. The van der Waals surface area contributed by atoms with Gasteiger partial charge in [0.2, 0.25) is 11.8 Å². The topological polar surface area (TPSA) is 80.8 Å². The maximum absolute atomic E-state index is 13.7. The molecule has 3 aliphatic carbocycles. The van der Waals surface area contributed by atoms with E-state index in [-0.39, 0.29) is 23.7 Å². The maximum Gasteiger partial charge on any atom is 0.329 e. The van der Waals surface area contributed by atoms with E-state index >= 15 is 0 Å². The zero-order valence-corrected chi connectivity index (χ0v) is 20.1. The van der Waals surface area contributed by atoms with Gasteiger partial charge in [0.1, 0.15) is 6.04 Å². The van der Waals surface area contributed by atoms with Crippen LogP contribution >= 0.6 is 11.6 Å². The SMILES string of the molecule is C[C@H](C(=O)OCC(=O)c1ccc(Cl)cc1)N1C(=O)[C@@H]2C3c4ccccc4C(c4ccccc43)[C@@H]2C1=O. The first-order chi connectivity index (χ1) is 17.4. The van der Waals surface area contributed by atoms with Crippen molar-refractivity contribution in [3.63, 3.8) is 0 Å². The molecule has 0 unspecified atom stereocenters. The Labute approximate surface area is 212 Å². The lowest BCUT2D eigenvalue weighted by atomic mass is 9.55. The fourth-order valence-electron chi connectivity index (χ4n) is 6.16. The van der Waals surface area contributed by atoms with Crippen LogP contribution in [0.15, 0.2) is 72.8 Å². The number of carbonyl (C=O) groups is 4. The molecule has 1 fully saturated rings. The summed E-state index contributed by atoms with van der Waals surface area (Å²) < 4.78 is 5.24. The third-order valence-electron chi connectivity index (χ3n) is 7.72. The molecule has 2 amide bonds. The molecular formula is C29H22ClNO5. The first-order valence-corrected chi connectivity index (χ1v) is 12.3. The van der Waals surface area contributed by atoms with Crippen molar-refractivity contribution in [3.05, 3.63) is 106 Å². The Bertz CT molecular complexity index is 1320. The molecule has 0 N–H and O–H groups in total. The number of halogens is 1. The molecule has 1 heterocycles. The molecule has 3 atom stereocenters. The summed E-state index contributed by atoms with van der Waals surface area (Å²) in [6.07, 6.45) is 0. The monoisotopic (exact) mass is 499 g/mol. The van der Waals surface area contributed by atoms with Crippen molar-refractivity contribution in [2.24, 2.45) is 11.8 Å². The Morgan fingerprint density at radius 2 is 1.25 bits per heavy atom. The van der Waals surface area contributed by atoms with Crippen molar-refractivity contribution in [2.45, 2.75) is 24.8 Å². The van der Waals surface area contributed by atoms with E-state index in [0.717, 1.165) is 27.2 Å². The molecule has 7 rings (SSSR count). The lowest BCUT2D eigenvalue weighted by molar-refractivity contribution is -0.157. The Balaban J connectivity index is 1.26. The van der Waals surface area contributed by atoms with E-state index in [9.17, 15) is 19.2 Å². The quantitative estimate of drug-likeness (QED) is 0.296. The average Bonchev–Trinajstić information content (AvgIpc) is 3.17. The second-order valence-corrected chi connectivity index (χ2v) is 9.96. The highest BCUT2D eigenvalue weighted by molar-refractivity contribution is 6.30. The number of hydrogen-bond donors (Lipinski definition) is 0. The van der Waals surface area contributed by atoms with Crippen molar-refractivity contribution >= 4 is 35.2 Å². The van der Waals surface area contributed by atoms with Crippen molar-refractivity contribution in [1.82, 2.24) is 4.90 Å². The number of benzene rings is 3. The number of rotatable bonds is 5. The third-order valence-corrected chi connectivity index (χ3v) is 7.97. The molecule has 1 saturated heterocycles. The van der Waals surface area contributed by atoms with Gasteiger partial charge in [0.25, 0.3) is 0 Å². The second kappa shape index (κ2) is 8.42. The highest BCUT2D eigenvalue weighted by Gasteiger charge is 2.62. The molecular weight excluding hydrogens is 478 g/mol. The van der Waals surface area contributed by atoms with Crippen LogP contribution in [0.25, 0.3) is 0 Å². The summed E-state index contributed by atoms with van der Waals surface area (Å²) in [5.41, 5.74) is 4.61. The maximum atomic E-state index is 13.7. The Kier molecular flexibility index (Phi) is 5.30. The fraction of sp³-hybridized carbons (Fsp3) is 0.241. The lowest BCUT2D eigenvalue weighted by Crippen LogP contribution is -2.45. The summed E-state index contributed by atoms with van der Waals surface area (Å²) in [6.45, 7) is 0.987. The smallest absolute Gasteiger partial charge is 0.329 e. The highest BCUT2D eigenvalue weighted by atomic mass is 35.5. The number of ether oxygens (including phenoxy) is 1. The van der Waals surface area contributed by atoms with Crippen LogP contribution in [0.5, 0.6) is 0 Å². The van der Waals surface area contributed by atoms with Gasteiger partial charge in [0, 0.05) is 22.4 Å². The number of carbonyl (C=O) groups excluding carboxylic acids is 4. The van der Waals surface area contributed by atoms with Gasteiger partial charge in [-0.1, -0.05) is 60.1 Å². The van der Waals surface area contributed by atoms with Gasteiger partial charge in [-0.3, -0.25) is 19.3 Å². The molecule has 180 valence electrons. The van der Waals surface area contributed by atoms with Gasteiger partial charge < -0.3 is 4.74 Å². The van der Waals surface area contributed by atoms with Crippen LogP contribution in [-0.2, 0) is 19.1 Å². The summed E-state index contributed by atoms with van der Waals surface area (Å²) in [6, 6.07) is 21.0. The molecule has 2 bridgehead atoms. The predicted octanol–water partition coefficient (Wildman–Crippen LogP) is 4.35. The van der Waals surface area contributed by atoms with Gasteiger partial charge in [-0.2, -0.15) is 0 Å². The van der Waals surface area contributed by atoms with Gasteiger partial charge in [0.15, 0.2) is 12.4 Å². The summed E-state index contributed by atoms with van der Waals surface area (Å²) in [4.78, 5) is 53.8. The third kappa shape index (κ3) is 3.24. The van der Waals surface area contributed by atoms with Gasteiger partial charge in [-0.15, -0.1) is 0 Å². The first kappa shape index (κ1) is 22.7. The Hall–Kier alpha value is -3.77. The number of likely N-dealkylation sites (tertiary alicyclic amines) is 1. The van der Waals surface area contributed by atoms with Crippen LogP contribution in [0.4, 0.5) is 0 Å². The van der Waals surface area contributed by atoms with Crippen LogP contribution in [0.3, 0.4) is 0 Å². The predicted molar refractivity (Wildman–Crippen MR) is 132 cm³/mol. The van der Waals surface area contributed by atoms with Crippen molar-refractivity contribution in [3.8, 4) is 0 Å². The largest absolute Gasteiger partial charge is 0.456 e. The summed E-state index contributed by atoms with van der Waals surface area (Å²) >= 11 is 5.86. The molecule has 6 nitrogen and oxygen atoms in total. The first-order valence-electron chi connectivity index (χ1n) is 11.9. The van der Waals surface area contributed by atoms with Gasteiger partial charge >= 0.3 is 5.97 Å². The second-order valence-electron chi connectivity index (χ2n) is 9.52. The van der Waals surface area contributed by atoms with Crippen LogP contribution in [0, 0.1) is 11.8 Å². The van der Waals surface area contributed by atoms with Crippen molar-refractivity contribution in [2.75, 3.05) is 6.61 Å². The van der Waals surface area contributed by atoms with Crippen LogP contribution in [-0.4, -0.2) is 41.1 Å². The highest BCUT2D eigenvalue weighted by Crippen LogP contribution is 2.61. The number of nitrogens with zero attached hydrogens (tertiary/aromatic N) is 1. The summed E-state index contributed by atoms with van der Waals surface area (Å²) in [7, 11) is 0. The Morgan fingerprint density at radius 3 is 1.69 bits per heavy atom. The molecule has 0 aromatic heterocycles. The van der Waals surface area contributed by atoms with E-state index in [0.29, 0.717) is 10.6 Å². The van der Waals surface area contributed by atoms with Gasteiger partial charge in [0.05, 0.1) is 11.8 Å². The minimum atomic E-state index is -1.14. The number of amides is 2. The van der Waals surface area contributed by atoms with Crippen LogP contribution < -0.4 is 0 Å². The van der Waals surface area contributed by atoms with E-state index in [4.69, 9.17) is 16.3 Å². The summed E-state index contributed by atoms with van der Waals surface area (Å²) in [5.74, 6) is -3.55. The standard InChI is InChI=1S/C29H22ClNO5/c1-15(29(35)36-14-22(32)16-10-12-17(30)13-11-16)31-27(33)25-23-18-6-2-3-7-19(18)24(26(25)28(31)34)21-9-5-4-8-20(21)23/h2-13,15,23-26H,14H2,1H3/t15-,23?,24?,25-,26+/m1/s1. The molecule has 3 aromatic rings. The zero-order valence-electron chi connectivity index (χ0n) is 19.4. The number of Topliss-reactive ketones (excluding diaryl/α,β-unsaturated/α-hetero) is 1.